The van der Waals surface area contributed by atoms with E-state index in [0.29, 0.717) is 12.0 Å². The second kappa shape index (κ2) is 7.06. The molecule has 1 saturated carbocycles. The SMILES string of the molecule is COC1CCC(C(=O)N2CC[C@@]3(C)c4cc5nc(C)n(C)c5cc4C[C@@H]2C3(C)C)CC1. The monoisotopic (exact) mass is 423 g/mol. The number of hydrogen-bond acceptors (Lipinski definition) is 3. The van der Waals surface area contributed by atoms with Crippen molar-refractivity contribution in [1.29, 1.82) is 0 Å². The van der Waals surface area contributed by atoms with Crippen molar-refractivity contribution >= 4 is 16.9 Å². The standard InChI is InChI=1S/C26H37N3O2/c1-16-27-21-15-20-18(13-22(21)28(16)5)14-23-25(2,3)26(20,4)11-12-29(23)24(30)17-7-9-19(31-6)10-8-17/h13,15,17,19,23H,7-12,14H2,1-6H3/t17?,19?,23-,26+/m1/s1. The minimum Gasteiger partial charge on any atom is -0.381 e. The van der Waals surface area contributed by atoms with Gasteiger partial charge in [0.25, 0.3) is 0 Å². The van der Waals surface area contributed by atoms with Crippen molar-refractivity contribution in [1.82, 2.24) is 14.5 Å². The molecule has 1 amide bonds. The number of benzene rings is 1. The fourth-order valence-electron chi connectivity index (χ4n) is 6.76. The highest BCUT2D eigenvalue weighted by Gasteiger charge is 2.57. The summed E-state index contributed by atoms with van der Waals surface area (Å²) in [5.74, 6) is 1.60. The van der Waals surface area contributed by atoms with E-state index in [9.17, 15) is 4.79 Å². The fourth-order valence-corrected chi connectivity index (χ4v) is 6.76. The number of hydrogen-bond donors (Lipinski definition) is 0. The molecule has 2 fully saturated rings. The summed E-state index contributed by atoms with van der Waals surface area (Å²) in [4.78, 5) is 20.8. The van der Waals surface area contributed by atoms with Gasteiger partial charge in [0.15, 0.2) is 0 Å². The molecule has 0 spiro atoms. The Morgan fingerprint density at radius 3 is 2.55 bits per heavy atom. The van der Waals surface area contributed by atoms with Crippen molar-refractivity contribution in [3.63, 3.8) is 0 Å². The van der Waals surface area contributed by atoms with Gasteiger partial charge in [-0.25, -0.2) is 4.98 Å². The number of piperidine rings is 1. The third-order valence-electron chi connectivity index (χ3n) is 9.46. The van der Waals surface area contributed by atoms with Gasteiger partial charge < -0.3 is 14.2 Å². The van der Waals surface area contributed by atoms with Crippen LogP contribution in [0.25, 0.3) is 11.0 Å². The molecule has 1 aromatic heterocycles. The number of ether oxygens (including phenoxy) is 1. The lowest BCUT2D eigenvalue weighted by molar-refractivity contribution is -0.150. The molecule has 0 radical (unpaired) electrons. The molecule has 0 unspecified atom stereocenters. The summed E-state index contributed by atoms with van der Waals surface area (Å²) in [7, 11) is 3.89. The molecule has 2 atom stereocenters. The third-order valence-corrected chi connectivity index (χ3v) is 9.46. The zero-order valence-corrected chi connectivity index (χ0v) is 20.0. The van der Waals surface area contributed by atoms with E-state index < -0.39 is 0 Å². The molecule has 2 aromatic rings. The Bertz CT molecular complexity index is 1030. The first-order valence-electron chi connectivity index (χ1n) is 12.0. The van der Waals surface area contributed by atoms with E-state index in [1.165, 1.54) is 16.6 Å². The number of aromatic nitrogens is 2. The molecule has 0 N–H and O–H groups in total. The predicted octanol–water partition coefficient (Wildman–Crippen LogP) is 4.53. The van der Waals surface area contributed by atoms with Crippen molar-refractivity contribution in [2.45, 2.75) is 83.8 Å². The van der Waals surface area contributed by atoms with Gasteiger partial charge in [-0.3, -0.25) is 4.79 Å². The van der Waals surface area contributed by atoms with E-state index in [4.69, 9.17) is 9.72 Å². The summed E-state index contributed by atoms with van der Waals surface area (Å²) in [6.07, 6.45) is 6.22. The van der Waals surface area contributed by atoms with Crippen molar-refractivity contribution in [3.8, 4) is 0 Å². The number of carbonyl (C=O) groups is 1. The Balaban J connectivity index is 1.51. The lowest BCUT2D eigenvalue weighted by atomic mass is 9.51. The van der Waals surface area contributed by atoms with Crippen molar-refractivity contribution < 1.29 is 9.53 Å². The molecule has 2 bridgehead atoms. The van der Waals surface area contributed by atoms with Gasteiger partial charge in [0.2, 0.25) is 5.91 Å². The first-order chi connectivity index (χ1) is 14.7. The van der Waals surface area contributed by atoms with E-state index >= 15 is 0 Å². The van der Waals surface area contributed by atoms with Gasteiger partial charge in [-0.2, -0.15) is 0 Å². The number of carbonyl (C=O) groups excluding carboxylic acids is 1. The van der Waals surface area contributed by atoms with Crippen molar-refractivity contribution in [3.05, 3.63) is 29.1 Å². The first kappa shape index (κ1) is 21.0. The number of methoxy groups -OCH3 is 1. The Labute approximate surface area is 186 Å². The van der Waals surface area contributed by atoms with E-state index in [1.54, 1.807) is 7.11 Å². The van der Waals surface area contributed by atoms with Crippen molar-refractivity contribution in [2.24, 2.45) is 18.4 Å². The van der Waals surface area contributed by atoms with E-state index in [2.05, 4.69) is 56.3 Å². The first-order valence-corrected chi connectivity index (χ1v) is 12.0. The number of amides is 1. The maximum atomic E-state index is 13.7. The molecule has 2 heterocycles. The lowest BCUT2D eigenvalue weighted by Gasteiger charge is -2.61. The number of fused-ring (bicyclic) bond motifs is 5. The summed E-state index contributed by atoms with van der Waals surface area (Å²) >= 11 is 0. The van der Waals surface area contributed by atoms with Crippen LogP contribution in [0.15, 0.2) is 12.1 Å². The zero-order chi connectivity index (χ0) is 22.1. The molecule has 168 valence electrons. The molecular formula is C26H37N3O2. The minimum absolute atomic E-state index is 0.0230. The number of nitrogens with zero attached hydrogens (tertiary/aromatic N) is 3. The molecular weight excluding hydrogens is 386 g/mol. The highest BCUT2D eigenvalue weighted by atomic mass is 16.5. The third kappa shape index (κ3) is 2.92. The highest BCUT2D eigenvalue weighted by molar-refractivity contribution is 5.81. The molecule has 31 heavy (non-hydrogen) atoms. The smallest absolute Gasteiger partial charge is 0.225 e. The quantitative estimate of drug-likeness (QED) is 0.713. The van der Waals surface area contributed by atoms with Gasteiger partial charge >= 0.3 is 0 Å². The van der Waals surface area contributed by atoms with Crippen LogP contribution in [0.5, 0.6) is 0 Å². The Hall–Kier alpha value is -1.88. The van der Waals surface area contributed by atoms with Gasteiger partial charge in [-0.15, -0.1) is 0 Å². The van der Waals surface area contributed by atoms with E-state index in [-0.39, 0.29) is 22.8 Å². The zero-order valence-electron chi connectivity index (χ0n) is 20.0. The molecule has 1 aromatic carbocycles. The molecule has 5 nitrogen and oxygen atoms in total. The van der Waals surface area contributed by atoms with Gasteiger partial charge in [0.05, 0.1) is 17.1 Å². The van der Waals surface area contributed by atoms with Gasteiger partial charge in [-0.1, -0.05) is 20.8 Å². The maximum Gasteiger partial charge on any atom is 0.225 e. The van der Waals surface area contributed by atoms with Gasteiger partial charge in [0.1, 0.15) is 5.82 Å². The Morgan fingerprint density at radius 2 is 1.87 bits per heavy atom. The summed E-state index contributed by atoms with van der Waals surface area (Å²) < 4.78 is 7.72. The van der Waals surface area contributed by atoms with Crippen LogP contribution >= 0.6 is 0 Å². The van der Waals surface area contributed by atoms with E-state index in [1.807, 2.05) is 0 Å². The molecule has 5 rings (SSSR count). The molecule has 5 heteroatoms. The summed E-state index contributed by atoms with van der Waals surface area (Å²) in [5, 5.41) is 0. The van der Waals surface area contributed by atoms with Crippen LogP contribution in [0, 0.1) is 18.3 Å². The average Bonchev–Trinajstić information content (AvgIpc) is 3.02. The van der Waals surface area contributed by atoms with Crippen LogP contribution in [0.4, 0.5) is 0 Å². The number of imidazole rings is 1. The molecule has 2 aliphatic carbocycles. The van der Waals surface area contributed by atoms with Crippen LogP contribution in [0.2, 0.25) is 0 Å². The lowest BCUT2D eigenvalue weighted by Crippen LogP contribution is -2.65. The minimum atomic E-state index is 0.0230. The van der Waals surface area contributed by atoms with Crippen LogP contribution in [-0.4, -0.2) is 46.2 Å². The summed E-state index contributed by atoms with van der Waals surface area (Å²) in [6.45, 7) is 10.1. The molecule has 1 saturated heterocycles. The summed E-state index contributed by atoms with van der Waals surface area (Å²) in [5.41, 5.74) is 5.23. The maximum absolute atomic E-state index is 13.7. The topological polar surface area (TPSA) is 47.4 Å². The predicted molar refractivity (Wildman–Crippen MR) is 123 cm³/mol. The molecule has 1 aliphatic heterocycles. The Morgan fingerprint density at radius 1 is 1.16 bits per heavy atom. The van der Waals surface area contributed by atoms with Gasteiger partial charge in [-0.05, 0) is 74.1 Å². The number of aryl methyl sites for hydroxylation is 2. The second-order valence-corrected chi connectivity index (χ2v) is 11.0. The normalized spacial score (nSPS) is 32.2. The highest BCUT2D eigenvalue weighted by Crippen LogP contribution is 2.56. The van der Waals surface area contributed by atoms with Crippen LogP contribution in [0.3, 0.4) is 0 Å². The number of likely N-dealkylation sites (tertiary alicyclic amines) is 1. The van der Waals surface area contributed by atoms with Gasteiger partial charge in [0, 0.05) is 38.1 Å². The van der Waals surface area contributed by atoms with Crippen LogP contribution < -0.4 is 0 Å². The van der Waals surface area contributed by atoms with Crippen LogP contribution in [0.1, 0.15) is 69.8 Å². The summed E-state index contributed by atoms with van der Waals surface area (Å²) in [6, 6.07) is 4.94. The number of rotatable bonds is 2. The molecule has 3 aliphatic rings. The van der Waals surface area contributed by atoms with E-state index in [0.717, 1.165) is 56.4 Å². The van der Waals surface area contributed by atoms with Crippen LogP contribution in [-0.2, 0) is 28.4 Å². The Kier molecular flexibility index (Phi) is 4.78. The average molecular weight is 424 g/mol. The largest absolute Gasteiger partial charge is 0.381 e. The second-order valence-electron chi connectivity index (χ2n) is 11.0. The fraction of sp³-hybridized carbons (Fsp3) is 0.692. The van der Waals surface area contributed by atoms with Crippen molar-refractivity contribution in [2.75, 3.05) is 13.7 Å².